The first-order valence-electron chi connectivity index (χ1n) is 14.6. The molecule has 4 rings (SSSR count). The van der Waals surface area contributed by atoms with E-state index in [1.54, 1.807) is 24.3 Å². The second-order valence-electron chi connectivity index (χ2n) is 10.4. The monoisotopic (exact) mass is 614 g/mol. The molecule has 0 aliphatic heterocycles. The van der Waals surface area contributed by atoms with Crippen molar-refractivity contribution in [3.63, 3.8) is 0 Å². The molecule has 45 heavy (non-hydrogen) atoms. The van der Waals surface area contributed by atoms with Gasteiger partial charge in [0.05, 0.1) is 12.5 Å². The van der Waals surface area contributed by atoms with E-state index in [-0.39, 0.29) is 31.0 Å². The zero-order valence-electron chi connectivity index (χ0n) is 24.9. The van der Waals surface area contributed by atoms with Crippen LogP contribution in [0.25, 0.3) is 0 Å². The van der Waals surface area contributed by atoms with Crippen LogP contribution in [-0.2, 0) is 29.1 Å². The predicted molar refractivity (Wildman–Crippen MR) is 167 cm³/mol. The molecule has 0 saturated carbocycles. The summed E-state index contributed by atoms with van der Waals surface area (Å²) in [5.41, 5.74) is 8.82. The first-order valence-corrected chi connectivity index (χ1v) is 14.6. The predicted octanol–water partition coefficient (Wildman–Crippen LogP) is 4.38. The van der Waals surface area contributed by atoms with Crippen LogP contribution in [0.3, 0.4) is 0 Å². The summed E-state index contributed by atoms with van der Waals surface area (Å²) < 4.78 is 32.7. The van der Waals surface area contributed by atoms with Gasteiger partial charge in [0.25, 0.3) is 5.91 Å². The maximum atomic E-state index is 13.9. The van der Waals surface area contributed by atoms with Crippen molar-refractivity contribution in [2.45, 2.75) is 38.4 Å². The van der Waals surface area contributed by atoms with Crippen LogP contribution >= 0.6 is 0 Å². The number of rotatable bonds is 14. The van der Waals surface area contributed by atoms with Crippen molar-refractivity contribution in [2.24, 2.45) is 5.73 Å². The van der Waals surface area contributed by atoms with E-state index in [9.17, 15) is 23.2 Å². The Hall–Kier alpha value is -5.09. The van der Waals surface area contributed by atoms with Crippen LogP contribution in [0.5, 0.6) is 5.75 Å². The molecule has 0 bridgehead atoms. The topological polar surface area (TPSA) is 123 Å². The van der Waals surface area contributed by atoms with Gasteiger partial charge in [0.1, 0.15) is 11.8 Å². The zero-order chi connectivity index (χ0) is 32.2. The van der Waals surface area contributed by atoms with Gasteiger partial charge in [-0.2, -0.15) is 0 Å². The maximum absolute atomic E-state index is 13.9. The van der Waals surface area contributed by atoms with Gasteiger partial charge in [0.2, 0.25) is 11.8 Å². The van der Waals surface area contributed by atoms with Crippen LogP contribution < -0.4 is 26.4 Å². The van der Waals surface area contributed by atoms with Gasteiger partial charge in [-0.15, -0.1) is 0 Å². The Morgan fingerprint density at radius 3 is 2.11 bits per heavy atom. The van der Waals surface area contributed by atoms with E-state index in [0.29, 0.717) is 24.5 Å². The molecule has 0 fully saturated rings. The summed E-state index contributed by atoms with van der Waals surface area (Å²) >= 11 is 0. The molecule has 0 aliphatic rings. The lowest BCUT2D eigenvalue weighted by Gasteiger charge is -2.23. The molecule has 0 saturated heterocycles. The van der Waals surface area contributed by atoms with E-state index in [1.165, 1.54) is 0 Å². The first-order chi connectivity index (χ1) is 21.8. The Kier molecular flexibility index (Phi) is 11.8. The molecule has 8 nitrogen and oxygen atoms in total. The molecule has 0 spiro atoms. The highest BCUT2D eigenvalue weighted by atomic mass is 19.2. The van der Waals surface area contributed by atoms with Gasteiger partial charge in [0.15, 0.2) is 11.6 Å². The molecule has 0 unspecified atom stereocenters. The highest BCUT2D eigenvalue weighted by Crippen LogP contribution is 2.21. The van der Waals surface area contributed by atoms with Crippen molar-refractivity contribution in [2.75, 3.05) is 13.2 Å². The standard InChI is InChI=1S/C35H36F2N4O4/c1-2-45-28-15-12-26(13-16-28)29(22-40-33(42)27-14-17-30(36)31(37)19-27)34(43)41-32(18-23-6-4-3-5-7-23)35(44)39-21-25-10-8-24(20-38)9-11-25/h3-17,19,29,32H,2,18,20-22,38H2,1H3,(H,39,44)(H,40,42)(H,41,43)/t29-,32+/m1/s1. The summed E-state index contributed by atoms with van der Waals surface area (Å²) in [7, 11) is 0. The molecule has 0 radical (unpaired) electrons. The van der Waals surface area contributed by atoms with Crippen LogP contribution in [0.4, 0.5) is 8.78 Å². The van der Waals surface area contributed by atoms with Gasteiger partial charge in [-0.3, -0.25) is 14.4 Å². The van der Waals surface area contributed by atoms with E-state index >= 15 is 0 Å². The van der Waals surface area contributed by atoms with Crippen molar-refractivity contribution in [1.29, 1.82) is 0 Å². The molecule has 0 aliphatic carbocycles. The van der Waals surface area contributed by atoms with Crippen LogP contribution in [-0.4, -0.2) is 36.9 Å². The van der Waals surface area contributed by atoms with Gasteiger partial charge in [-0.25, -0.2) is 8.78 Å². The summed E-state index contributed by atoms with van der Waals surface area (Å²) in [5.74, 6) is -4.13. The van der Waals surface area contributed by atoms with Crippen LogP contribution in [0.1, 0.15) is 45.5 Å². The number of halogens is 2. The van der Waals surface area contributed by atoms with Gasteiger partial charge >= 0.3 is 0 Å². The fourth-order valence-corrected chi connectivity index (χ4v) is 4.70. The third-order valence-electron chi connectivity index (χ3n) is 7.20. The SMILES string of the molecule is CCOc1ccc([C@@H](CNC(=O)c2ccc(F)c(F)c2)C(=O)N[C@@H](Cc2ccccc2)C(=O)NCc2ccc(CN)cc2)cc1. The summed E-state index contributed by atoms with van der Waals surface area (Å²) in [4.78, 5) is 40.1. The highest BCUT2D eigenvalue weighted by Gasteiger charge is 2.28. The molecule has 10 heteroatoms. The average Bonchev–Trinajstić information content (AvgIpc) is 3.06. The molecule has 2 atom stereocenters. The van der Waals surface area contributed by atoms with Crippen molar-refractivity contribution >= 4 is 17.7 Å². The van der Waals surface area contributed by atoms with Crippen molar-refractivity contribution in [3.8, 4) is 5.75 Å². The van der Waals surface area contributed by atoms with Gasteiger partial charge in [-0.1, -0.05) is 66.7 Å². The number of nitrogens with one attached hydrogen (secondary N) is 3. The van der Waals surface area contributed by atoms with Crippen LogP contribution in [0, 0.1) is 11.6 Å². The van der Waals surface area contributed by atoms with E-state index in [4.69, 9.17) is 10.5 Å². The molecular formula is C35H36F2N4O4. The van der Waals surface area contributed by atoms with Crippen LogP contribution in [0.15, 0.2) is 97.1 Å². The Morgan fingerprint density at radius 1 is 0.778 bits per heavy atom. The summed E-state index contributed by atoms with van der Waals surface area (Å²) in [6.07, 6.45) is 0.224. The highest BCUT2D eigenvalue weighted by molar-refractivity contribution is 5.95. The van der Waals surface area contributed by atoms with E-state index in [2.05, 4.69) is 16.0 Å². The molecular weight excluding hydrogens is 578 g/mol. The summed E-state index contributed by atoms with van der Waals surface area (Å²) in [5, 5.41) is 8.43. The molecule has 3 amide bonds. The van der Waals surface area contributed by atoms with Gasteiger partial charge in [-0.05, 0) is 59.5 Å². The number of amides is 3. The number of hydrogen-bond acceptors (Lipinski definition) is 5. The third-order valence-corrected chi connectivity index (χ3v) is 7.20. The van der Waals surface area contributed by atoms with E-state index < -0.39 is 35.4 Å². The molecule has 0 aromatic heterocycles. The number of benzene rings is 4. The normalized spacial score (nSPS) is 12.1. The van der Waals surface area contributed by atoms with Gasteiger partial charge in [0, 0.05) is 31.6 Å². The average molecular weight is 615 g/mol. The second kappa shape index (κ2) is 16.1. The zero-order valence-corrected chi connectivity index (χ0v) is 24.9. The Balaban J connectivity index is 1.54. The molecule has 0 heterocycles. The number of hydrogen-bond donors (Lipinski definition) is 4. The number of ether oxygens (including phenoxy) is 1. The third kappa shape index (κ3) is 9.45. The quantitative estimate of drug-likeness (QED) is 0.168. The molecule has 4 aromatic rings. The number of carbonyl (C=O) groups is 3. The van der Waals surface area contributed by atoms with Crippen molar-refractivity contribution in [1.82, 2.24) is 16.0 Å². The lowest BCUT2D eigenvalue weighted by Crippen LogP contribution is -2.50. The Bertz CT molecular complexity index is 1580. The fraction of sp³-hybridized carbons (Fsp3) is 0.229. The number of nitrogens with two attached hydrogens (primary N) is 1. The molecule has 234 valence electrons. The minimum atomic E-state index is -1.16. The second-order valence-corrected chi connectivity index (χ2v) is 10.4. The molecule has 4 aromatic carbocycles. The lowest BCUT2D eigenvalue weighted by molar-refractivity contribution is -0.129. The lowest BCUT2D eigenvalue weighted by atomic mass is 9.96. The Morgan fingerprint density at radius 2 is 1.47 bits per heavy atom. The van der Waals surface area contributed by atoms with E-state index in [0.717, 1.165) is 34.9 Å². The Labute approximate surface area is 261 Å². The first kappa shape index (κ1) is 32.8. The summed E-state index contributed by atoms with van der Waals surface area (Å²) in [6, 6.07) is 25.5. The largest absolute Gasteiger partial charge is 0.494 e. The minimum absolute atomic E-state index is 0.0967. The summed E-state index contributed by atoms with van der Waals surface area (Å²) in [6.45, 7) is 2.79. The van der Waals surface area contributed by atoms with Gasteiger partial charge < -0.3 is 26.4 Å². The fourth-order valence-electron chi connectivity index (χ4n) is 4.70. The smallest absolute Gasteiger partial charge is 0.251 e. The van der Waals surface area contributed by atoms with E-state index in [1.807, 2.05) is 61.5 Å². The van der Waals surface area contributed by atoms with Crippen molar-refractivity contribution < 1.29 is 27.9 Å². The number of carbonyl (C=O) groups excluding carboxylic acids is 3. The maximum Gasteiger partial charge on any atom is 0.251 e. The van der Waals surface area contributed by atoms with Crippen molar-refractivity contribution in [3.05, 3.63) is 137 Å². The molecule has 5 N–H and O–H groups in total. The van der Waals surface area contributed by atoms with Crippen LogP contribution in [0.2, 0.25) is 0 Å². The minimum Gasteiger partial charge on any atom is -0.494 e.